The van der Waals surface area contributed by atoms with E-state index in [0.717, 1.165) is 50.0 Å². The number of carbonyl (C=O) groups is 2. The van der Waals surface area contributed by atoms with Crippen molar-refractivity contribution in [3.63, 3.8) is 0 Å². The predicted octanol–water partition coefficient (Wildman–Crippen LogP) is 7.20. The summed E-state index contributed by atoms with van der Waals surface area (Å²) in [7, 11) is 1.60. The van der Waals surface area contributed by atoms with E-state index in [1.54, 1.807) is 25.4 Å². The summed E-state index contributed by atoms with van der Waals surface area (Å²) in [5.74, 6) is 0.333. The number of carbonyl (C=O) groups excluding carboxylic acids is 2. The zero-order valence-electron chi connectivity index (χ0n) is 26.4. The van der Waals surface area contributed by atoms with Gasteiger partial charge in [0.05, 0.1) is 12.8 Å². The van der Waals surface area contributed by atoms with E-state index in [0.29, 0.717) is 46.4 Å². The summed E-state index contributed by atoms with van der Waals surface area (Å²) < 4.78 is 13.7. The Balaban J connectivity index is 1.18. The maximum absolute atomic E-state index is 13.0. The molecule has 5 rings (SSSR count). The highest BCUT2D eigenvalue weighted by Gasteiger charge is 2.22. The lowest BCUT2D eigenvalue weighted by Crippen LogP contribution is -2.36. The quantitative estimate of drug-likeness (QED) is 0.135. The zero-order chi connectivity index (χ0) is 31.8. The molecule has 1 aliphatic rings. The molecule has 0 unspecified atom stereocenters. The second-order valence-electron chi connectivity index (χ2n) is 11.4. The monoisotopic (exact) mass is 630 g/mol. The number of anilines is 2. The van der Waals surface area contributed by atoms with Gasteiger partial charge in [0.15, 0.2) is 5.13 Å². The first-order valence-electron chi connectivity index (χ1n) is 15.5. The van der Waals surface area contributed by atoms with Gasteiger partial charge in [0.1, 0.15) is 5.75 Å². The number of nitrogens with one attached hydrogen (secondary N) is 3. The lowest BCUT2D eigenvalue weighted by molar-refractivity contribution is 0.102. The fourth-order valence-electron chi connectivity index (χ4n) is 5.35. The summed E-state index contributed by atoms with van der Waals surface area (Å²) in [5.41, 5.74) is 5.68. The van der Waals surface area contributed by atoms with Crippen LogP contribution in [-0.2, 0) is 24.3 Å². The van der Waals surface area contributed by atoms with Crippen LogP contribution in [0.2, 0.25) is 0 Å². The highest BCUT2D eigenvalue weighted by atomic mass is 32.1. The van der Waals surface area contributed by atoms with E-state index in [1.807, 2.05) is 30.3 Å². The number of unbranched alkanes of at least 4 members (excludes halogenated alkanes) is 2. The van der Waals surface area contributed by atoms with Crippen molar-refractivity contribution >= 4 is 34.1 Å². The van der Waals surface area contributed by atoms with Crippen LogP contribution in [-0.4, -0.2) is 52.6 Å². The van der Waals surface area contributed by atoms with Gasteiger partial charge in [-0.05, 0) is 74.4 Å². The fourth-order valence-corrected chi connectivity index (χ4v) is 6.03. The van der Waals surface area contributed by atoms with Crippen LogP contribution in [0.1, 0.15) is 67.2 Å². The topological polar surface area (TPSA) is 110 Å². The van der Waals surface area contributed by atoms with Gasteiger partial charge in [-0.1, -0.05) is 31.1 Å². The largest absolute Gasteiger partial charge is 0.445 e. The first-order valence-corrected chi connectivity index (χ1v) is 16.3. The van der Waals surface area contributed by atoms with Crippen molar-refractivity contribution in [3.8, 4) is 16.5 Å². The lowest BCUT2D eigenvalue weighted by atomic mass is 10.1. The van der Waals surface area contributed by atoms with Crippen molar-refractivity contribution < 1.29 is 19.1 Å². The number of methoxy groups -OCH3 is 1. The number of ether oxygens (including phenoxy) is 2. The summed E-state index contributed by atoms with van der Waals surface area (Å²) >= 11 is 1.23. The fraction of sp³-hybridized carbons (Fsp3) is 0.382. The van der Waals surface area contributed by atoms with E-state index in [-0.39, 0.29) is 11.9 Å². The Labute approximate surface area is 268 Å². The SMILES string of the molecule is CCCCCNC(=O)Nc1ccc(Oc2cnc(NC(=O)c3ccc(-n4ccc5c4CCN(C(C)C)C5)cc3)s2)c(COC)c1. The second kappa shape index (κ2) is 15.2. The number of urea groups is 1. The number of aromatic nitrogens is 2. The van der Waals surface area contributed by atoms with E-state index < -0.39 is 0 Å². The first kappa shape index (κ1) is 32.2. The number of nitrogens with zero attached hydrogens (tertiary/aromatic N) is 3. The van der Waals surface area contributed by atoms with Gasteiger partial charge in [-0.15, -0.1) is 0 Å². The third kappa shape index (κ3) is 8.30. The van der Waals surface area contributed by atoms with Gasteiger partial charge in [-0.3, -0.25) is 15.0 Å². The van der Waals surface area contributed by atoms with Crippen molar-refractivity contribution in [2.75, 3.05) is 30.8 Å². The number of rotatable bonds is 13. The number of hydrogen-bond donors (Lipinski definition) is 3. The van der Waals surface area contributed by atoms with Crippen molar-refractivity contribution in [3.05, 3.63) is 83.3 Å². The van der Waals surface area contributed by atoms with Gasteiger partial charge in [0.2, 0.25) is 5.06 Å². The van der Waals surface area contributed by atoms with Crippen LogP contribution in [0.25, 0.3) is 5.69 Å². The van der Waals surface area contributed by atoms with Crippen molar-refractivity contribution in [1.29, 1.82) is 0 Å². The van der Waals surface area contributed by atoms with Gasteiger partial charge in [0, 0.05) is 73.6 Å². The van der Waals surface area contributed by atoms with Gasteiger partial charge >= 0.3 is 6.03 Å². The number of amides is 3. The van der Waals surface area contributed by atoms with Crippen LogP contribution in [0.3, 0.4) is 0 Å². The molecule has 3 amide bonds. The van der Waals surface area contributed by atoms with Crippen LogP contribution < -0.4 is 20.7 Å². The Hall–Kier alpha value is -4.19. The Morgan fingerprint density at radius 3 is 2.64 bits per heavy atom. The molecule has 0 bridgehead atoms. The smallest absolute Gasteiger partial charge is 0.319 e. The average molecular weight is 631 g/mol. The summed E-state index contributed by atoms with van der Waals surface area (Å²) in [5, 5.41) is 9.55. The molecule has 45 heavy (non-hydrogen) atoms. The molecule has 0 atom stereocenters. The molecule has 11 heteroatoms. The molecule has 0 radical (unpaired) electrons. The Bertz CT molecular complexity index is 1600. The zero-order valence-corrected chi connectivity index (χ0v) is 27.2. The van der Waals surface area contributed by atoms with E-state index in [1.165, 1.54) is 22.6 Å². The number of fused-ring (bicyclic) bond motifs is 1. The molecule has 2 aromatic heterocycles. The van der Waals surface area contributed by atoms with Gasteiger partial charge in [0.25, 0.3) is 5.91 Å². The van der Waals surface area contributed by atoms with Crippen molar-refractivity contribution in [2.24, 2.45) is 0 Å². The minimum Gasteiger partial charge on any atom is -0.445 e. The molecule has 0 fully saturated rings. The molecule has 2 aromatic carbocycles. The molecular formula is C34H42N6O4S. The lowest BCUT2D eigenvalue weighted by Gasteiger charge is -2.31. The minimum atomic E-state index is -0.248. The van der Waals surface area contributed by atoms with E-state index >= 15 is 0 Å². The normalized spacial score (nSPS) is 13.0. The predicted molar refractivity (Wildman–Crippen MR) is 179 cm³/mol. The summed E-state index contributed by atoms with van der Waals surface area (Å²) in [4.78, 5) is 32.1. The standard InChI is InChI=1S/C34H42N6O4S/c1-5-6-7-16-35-33(42)37-27-10-13-30(26(19-27)22-43-4)44-31-20-36-34(45-31)38-32(41)24-8-11-28(12-9-24)40-18-14-25-21-39(23(2)3)17-15-29(25)40/h8-14,18-20,23H,5-7,15-17,21-22H2,1-4H3,(H2,35,37,42)(H,36,38,41). The molecular weight excluding hydrogens is 588 g/mol. The molecule has 1 aliphatic heterocycles. The third-order valence-corrected chi connectivity index (χ3v) is 8.62. The third-order valence-electron chi connectivity index (χ3n) is 7.83. The maximum Gasteiger partial charge on any atom is 0.319 e. The van der Waals surface area contributed by atoms with Crippen LogP contribution in [0.15, 0.2) is 60.9 Å². The van der Waals surface area contributed by atoms with Gasteiger partial charge in [-0.2, -0.15) is 0 Å². The van der Waals surface area contributed by atoms with Crippen LogP contribution >= 0.6 is 11.3 Å². The first-order chi connectivity index (χ1) is 21.8. The summed E-state index contributed by atoms with van der Waals surface area (Å²) in [6.07, 6.45) is 7.82. The molecule has 0 spiro atoms. The van der Waals surface area contributed by atoms with Crippen molar-refractivity contribution in [1.82, 2.24) is 19.8 Å². The van der Waals surface area contributed by atoms with Gasteiger partial charge in [-0.25, -0.2) is 9.78 Å². The van der Waals surface area contributed by atoms with Crippen LogP contribution in [0.5, 0.6) is 10.8 Å². The Morgan fingerprint density at radius 1 is 1.07 bits per heavy atom. The Morgan fingerprint density at radius 2 is 1.89 bits per heavy atom. The molecule has 0 saturated carbocycles. The molecule has 10 nitrogen and oxygen atoms in total. The summed E-state index contributed by atoms with van der Waals surface area (Å²) in [6.45, 7) is 9.54. The van der Waals surface area contributed by atoms with Crippen LogP contribution in [0.4, 0.5) is 15.6 Å². The second-order valence-corrected chi connectivity index (χ2v) is 12.4. The Kier molecular flexibility index (Phi) is 10.9. The highest BCUT2D eigenvalue weighted by molar-refractivity contribution is 7.17. The number of benzene rings is 2. The molecule has 0 aliphatic carbocycles. The average Bonchev–Trinajstić information content (AvgIpc) is 3.67. The highest BCUT2D eigenvalue weighted by Crippen LogP contribution is 2.34. The molecule has 238 valence electrons. The van der Waals surface area contributed by atoms with Crippen molar-refractivity contribution in [2.45, 2.75) is 65.6 Å². The van der Waals surface area contributed by atoms with E-state index in [4.69, 9.17) is 9.47 Å². The number of hydrogen-bond acceptors (Lipinski definition) is 7. The minimum absolute atomic E-state index is 0.243. The molecule has 3 heterocycles. The van der Waals surface area contributed by atoms with Crippen LogP contribution in [0, 0.1) is 0 Å². The summed E-state index contributed by atoms with van der Waals surface area (Å²) in [6, 6.07) is 15.5. The molecule has 4 aromatic rings. The van der Waals surface area contributed by atoms with E-state index in [2.05, 4.69) is 63.4 Å². The maximum atomic E-state index is 13.0. The van der Waals surface area contributed by atoms with E-state index in [9.17, 15) is 9.59 Å². The number of thiazole rings is 1. The molecule has 0 saturated heterocycles. The molecule has 3 N–H and O–H groups in total. The van der Waals surface area contributed by atoms with Gasteiger partial charge < -0.3 is 24.7 Å².